The van der Waals surface area contributed by atoms with Crippen LogP contribution in [-0.4, -0.2) is 38.3 Å². The van der Waals surface area contributed by atoms with Crippen molar-refractivity contribution < 1.29 is 23.7 Å². The Bertz CT molecular complexity index is 1010. The predicted molar refractivity (Wildman–Crippen MR) is 115 cm³/mol. The Morgan fingerprint density at radius 3 is 2.23 bits per heavy atom. The lowest BCUT2D eigenvalue weighted by Gasteiger charge is -2.11. The summed E-state index contributed by atoms with van der Waals surface area (Å²) in [5, 5.41) is 3.68. The van der Waals surface area contributed by atoms with Crippen molar-refractivity contribution in [3.05, 3.63) is 53.2 Å². The van der Waals surface area contributed by atoms with Crippen molar-refractivity contribution in [2.75, 3.05) is 21.3 Å². The second-order valence-corrected chi connectivity index (χ2v) is 7.14. The number of aromatic amines is 1. The number of carbonyl (C=O) groups excluding carboxylic acids is 1. The summed E-state index contributed by atoms with van der Waals surface area (Å²) < 4.78 is 21.9. The molecule has 0 unspecified atom stereocenters. The Hall–Kier alpha value is -3.19. The molecule has 7 nitrogen and oxygen atoms in total. The van der Waals surface area contributed by atoms with Gasteiger partial charge in [-0.05, 0) is 31.0 Å². The summed E-state index contributed by atoms with van der Waals surface area (Å²) in [5.41, 5.74) is 3.16. The molecule has 0 aliphatic heterocycles. The van der Waals surface area contributed by atoms with E-state index in [1.54, 1.807) is 33.5 Å². The zero-order valence-corrected chi connectivity index (χ0v) is 18.0. The fourth-order valence-corrected chi connectivity index (χ4v) is 3.15. The standard InChI is InChI=1S/C23H28N2O5/c1-14(2)30-13-16-8-6-15(7-9-16)12-24-23(26)18-10-17-19(27-3)11-20(28-4)22(29-5)21(17)25-18/h6-11,14,25H,12-13H2,1-5H3,(H,24,26). The summed E-state index contributed by atoms with van der Waals surface area (Å²) in [5.74, 6) is 1.42. The molecule has 0 saturated heterocycles. The molecule has 0 spiro atoms. The number of hydrogen-bond acceptors (Lipinski definition) is 5. The summed E-state index contributed by atoms with van der Waals surface area (Å²) in [6, 6.07) is 11.5. The monoisotopic (exact) mass is 412 g/mol. The van der Waals surface area contributed by atoms with Crippen LogP contribution in [0.3, 0.4) is 0 Å². The van der Waals surface area contributed by atoms with Crippen LogP contribution in [0.5, 0.6) is 17.2 Å². The van der Waals surface area contributed by atoms with Gasteiger partial charge >= 0.3 is 0 Å². The van der Waals surface area contributed by atoms with Crippen LogP contribution >= 0.6 is 0 Å². The molecule has 2 N–H and O–H groups in total. The van der Waals surface area contributed by atoms with E-state index < -0.39 is 0 Å². The minimum absolute atomic E-state index is 0.192. The molecule has 0 fully saturated rings. The smallest absolute Gasteiger partial charge is 0.268 e. The Balaban J connectivity index is 1.74. The van der Waals surface area contributed by atoms with Crippen molar-refractivity contribution in [1.29, 1.82) is 0 Å². The third-order valence-electron chi connectivity index (χ3n) is 4.74. The topological polar surface area (TPSA) is 81.8 Å². The highest BCUT2D eigenvalue weighted by atomic mass is 16.5. The van der Waals surface area contributed by atoms with Crippen LogP contribution in [0.4, 0.5) is 0 Å². The van der Waals surface area contributed by atoms with Gasteiger partial charge in [-0.25, -0.2) is 0 Å². The Kier molecular flexibility index (Phi) is 6.84. The maximum Gasteiger partial charge on any atom is 0.268 e. The minimum Gasteiger partial charge on any atom is -0.496 e. The highest BCUT2D eigenvalue weighted by Gasteiger charge is 2.19. The number of hydrogen-bond donors (Lipinski definition) is 2. The number of benzene rings is 2. The maximum atomic E-state index is 12.7. The number of H-pyrrole nitrogens is 1. The molecule has 0 aliphatic carbocycles. The molecule has 1 aromatic heterocycles. The number of ether oxygens (including phenoxy) is 4. The normalized spacial score (nSPS) is 11.0. The SMILES string of the molecule is COc1cc(OC)c2cc(C(=O)NCc3ccc(COC(C)C)cc3)[nH]c2c1OC. The van der Waals surface area contributed by atoms with Crippen LogP contribution in [0.1, 0.15) is 35.5 Å². The highest BCUT2D eigenvalue weighted by Crippen LogP contribution is 2.41. The van der Waals surface area contributed by atoms with Crippen molar-refractivity contribution in [2.24, 2.45) is 0 Å². The Morgan fingerprint density at radius 2 is 1.63 bits per heavy atom. The van der Waals surface area contributed by atoms with Crippen molar-refractivity contribution >= 4 is 16.8 Å². The molecule has 30 heavy (non-hydrogen) atoms. The fraction of sp³-hybridized carbons (Fsp3) is 0.348. The van der Waals surface area contributed by atoms with E-state index >= 15 is 0 Å². The van der Waals surface area contributed by atoms with Gasteiger partial charge in [0.2, 0.25) is 0 Å². The molecule has 160 valence electrons. The molecular weight excluding hydrogens is 384 g/mol. The van der Waals surface area contributed by atoms with Gasteiger partial charge in [-0.2, -0.15) is 0 Å². The number of nitrogens with one attached hydrogen (secondary N) is 2. The summed E-state index contributed by atoms with van der Waals surface area (Å²) in [6.07, 6.45) is 0.192. The first-order chi connectivity index (χ1) is 14.5. The van der Waals surface area contributed by atoms with Gasteiger partial charge in [-0.3, -0.25) is 4.79 Å². The number of amides is 1. The average molecular weight is 412 g/mol. The first-order valence-electron chi connectivity index (χ1n) is 9.76. The highest BCUT2D eigenvalue weighted by molar-refractivity contribution is 6.02. The van der Waals surface area contributed by atoms with E-state index in [1.165, 1.54) is 0 Å². The minimum atomic E-state index is -0.221. The molecule has 7 heteroatoms. The first-order valence-corrected chi connectivity index (χ1v) is 9.76. The van der Waals surface area contributed by atoms with Crippen LogP contribution in [0.25, 0.3) is 10.9 Å². The van der Waals surface area contributed by atoms with E-state index in [0.29, 0.717) is 41.6 Å². The van der Waals surface area contributed by atoms with E-state index in [4.69, 9.17) is 18.9 Å². The van der Waals surface area contributed by atoms with Gasteiger partial charge in [0.05, 0.1) is 39.6 Å². The van der Waals surface area contributed by atoms with Gasteiger partial charge in [-0.1, -0.05) is 24.3 Å². The van der Waals surface area contributed by atoms with Crippen LogP contribution in [-0.2, 0) is 17.9 Å². The maximum absolute atomic E-state index is 12.7. The molecule has 0 saturated carbocycles. The molecule has 0 bridgehead atoms. The molecule has 2 aromatic carbocycles. The lowest BCUT2D eigenvalue weighted by atomic mass is 10.1. The summed E-state index contributed by atoms with van der Waals surface area (Å²) in [7, 11) is 4.68. The first kappa shape index (κ1) is 21.5. The second kappa shape index (κ2) is 9.54. The third kappa shape index (κ3) is 4.68. The molecule has 3 aromatic rings. The van der Waals surface area contributed by atoms with E-state index in [1.807, 2.05) is 38.1 Å². The van der Waals surface area contributed by atoms with Gasteiger partial charge in [0.1, 0.15) is 11.4 Å². The van der Waals surface area contributed by atoms with Crippen molar-refractivity contribution in [1.82, 2.24) is 10.3 Å². The Labute approximate surface area is 176 Å². The van der Waals surface area contributed by atoms with Gasteiger partial charge < -0.3 is 29.2 Å². The summed E-state index contributed by atoms with van der Waals surface area (Å²) in [6.45, 7) is 5.01. The molecule has 0 atom stereocenters. The number of fused-ring (bicyclic) bond motifs is 1. The zero-order chi connectivity index (χ0) is 21.7. The van der Waals surface area contributed by atoms with Gasteiger partial charge in [0, 0.05) is 18.0 Å². The van der Waals surface area contributed by atoms with Gasteiger partial charge in [0.25, 0.3) is 5.91 Å². The average Bonchev–Trinajstić information content (AvgIpc) is 3.20. The van der Waals surface area contributed by atoms with Gasteiger partial charge in [-0.15, -0.1) is 0 Å². The van der Waals surface area contributed by atoms with Crippen LogP contribution < -0.4 is 19.5 Å². The van der Waals surface area contributed by atoms with Crippen molar-refractivity contribution in [3.63, 3.8) is 0 Å². The van der Waals surface area contributed by atoms with Gasteiger partial charge in [0.15, 0.2) is 11.5 Å². The lowest BCUT2D eigenvalue weighted by Crippen LogP contribution is -2.23. The zero-order valence-electron chi connectivity index (χ0n) is 18.0. The molecule has 1 heterocycles. The summed E-state index contributed by atoms with van der Waals surface area (Å²) >= 11 is 0. The van der Waals surface area contributed by atoms with Crippen LogP contribution in [0.2, 0.25) is 0 Å². The van der Waals surface area contributed by atoms with Crippen molar-refractivity contribution in [2.45, 2.75) is 33.1 Å². The van der Waals surface area contributed by atoms with E-state index in [2.05, 4.69) is 10.3 Å². The summed E-state index contributed by atoms with van der Waals surface area (Å²) in [4.78, 5) is 15.8. The van der Waals surface area contributed by atoms with Crippen LogP contribution in [0, 0.1) is 0 Å². The lowest BCUT2D eigenvalue weighted by molar-refractivity contribution is 0.0657. The van der Waals surface area contributed by atoms with Crippen LogP contribution in [0.15, 0.2) is 36.4 Å². The number of aromatic nitrogens is 1. The largest absolute Gasteiger partial charge is 0.496 e. The second-order valence-electron chi connectivity index (χ2n) is 7.14. The number of carbonyl (C=O) groups is 1. The Morgan fingerprint density at radius 1 is 0.967 bits per heavy atom. The van der Waals surface area contributed by atoms with E-state index in [9.17, 15) is 4.79 Å². The third-order valence-corrected chi connectivity index (χ3v) is 4.74. The fourth-order valence-electron chi connectivity index (χ4n) is 3.15. The molecule has 0 aliphatic rings. The van der Waals surface area contributed by atoms with E-state index in [-0.39, 0.29) is 12.0 Å². The van der Waals surface area contributed by atoms with E-state index in [0.717, 1.165) is 16.5 Å². The molecular formula is C23H28N2O5. The quantitative estimate of drug-likeness (QED) is 0.554. The molecule has 1 amide bonds. The molecule has 0 radical (unpaired) electrons. The number of rotatable bonds is 9. The predicted octanol–water partition coefficient (Wildman–Crippen LogP) is 4.05. The van der Waals surface area contributed by atoms with Crippen molar-refractivity contribution in [3.8, 4) is 17.2 Å². The molecule has 3 rings (SSSR count). The number of methoxy groups -OCH3 is 3.